The lowest BCUT2D eigenvalue weighted by atomic mass is 10.1. The molecule has 2 atom stereocenters. The molecule has 8 nitrogen and oxygen atoms in total. The zero-order valence-corrected chi connectivity index (χ0v) is 13.5. The molecule has 0 saturated carbocycles. The van der Waals surface area contributed by atoms with Gasteiger partial charge in [0.25, 0.3) is 0 Å². The van der Waals surface area contributed by atoms with Crippen LogP contribution in [0.5, 0.6) is 0 Å². The van der Waals surface area contributed by atoms with Gasteiger partial charge < -0.3 is 30.5 Å². The maximum absolute atomic E-state index is 11.4. The third-order valence-electron chi connectivity index (χ3n) is 2.86. The number of carboxylic acid groups (broad SMARTS) is 1. The van der Waals surface area contributed by atoms with E-state index in [1.54, 1.807) is 6.92 Å². The number of unbranched alkanes of at least 4 members (excludes halogenated alkanes) is 4. The van der Waals surface area contributed by atoms with E-state index in [-0.39, 0.29) is 5.97 Å². The summed E-state index contributed by atoms with van der Waals surface area (Å²) in [7, 11) is 1.10. The topological polar surface area (TPSA) is 139 Å². The number of carbonyl (C=O) groups is 2. The van der Waals surface area contributed by atoms with Crippen molar-refractivity contribution < 1.29 is 34.4 Å². The van der Waals surface area contributed by atoms with Crippen molar-refractivity contribution in [3.05, 3.63) is 0 Å². The fourth-order valence-corrected chi connectivity index (χ4v) is 1.46. The first-order valence-corrected chi connectivity index (χ1v) is 7.34. The number of nitrogens with two attached hydrogens (primary N) is 1. The standard InChI is InChI=1S/C12H25NO4.C2H4O3/c1-3-4-5-6-7-8-10(14)17-9(2)11(13)12(15)16;1-5-2(3)4/h9,11-12,15-16H,3-8,13H2,1-2H3;1H3,(H,3,4). The number of ether oxygens (including phenoxy) is 2. The molecule has 0 fully saturated rings. The number of hydrogen-bond donors (Lipinski definition) is 4. The molecule has 132 valence electrons. The van der Waals surface area contributed by atoms with Crippen LogP contribution in [0.1, 0.15) is 52.4 Å². The van der Waals surface area contributed by atoms with E-state index in [2.05, 4.69) is 11.7 Å². The summed E-state index contributed by atoms with van der Waals surface area (Å²) in [5, 5.41) is 25.1. The molecule has 22 heavy (non-hydrogen) atoms. The van der Waals surface area contributed by atoms with Crippen molar-refractivity contribution in [1.82, 2.24) is 0 Å². The van der Waals surface area contributed by atoms with Crippen molar-refractivity contribution in [2.45, 2.75) is 70.8 Å². The van der Waals surface area contributed by atoms with E-state index in [1.807, 2.05) is 0 Å². The Hall–Kier alpha value is -1.38. The second-order valence-corrected chi connectivity index (χ2v) is 4.82. The zero-order chi connectivity index (χ0) is 17.5. The summed E-state index contributed by atoms with van der Waals surface area (Å²) in [4.78, 5) is 20.5. The maximum Gasteiger partial charge on any atom is 0.505 e. The second-order valence-electron chi connectivity index (χ2n) is 4.82. The highest BCUT2D eigenvalue weighted by Crippen LogP contribution is 2.08. The first kappa shape index (κ1) is 22.9. The van der Waals surface area contributed by atoms with Crippen molar-refractivity contribution in [2.24, 2.45) is 5.73 Å². The van der Waals surface area contributed by atoms with Gasteiger partial charge in [-0.15, -0.1) is 0 Å². The molecule has 0 radical (unpaired) electrons. The molecule has 8 heteroatoms. The number of aliphatic hydroxyl groups is 2. The van der Waals surface area contributed by atoms with Crippen LogP contribution in [-0.2, 0) is 14.3 Å². The first-order valence-electron chi connectivity index (χ1n) is 7.34. The SMILES string of the molecule is CCCCCCCC(=O)OC(C)C(N)C(O)O.COC(=O)O. The van der Waals surface area contributed by atoms with Crippen LogP contribution in [0.15, 0.2) is 0 Å². The van der Waals surface area contributed by atoms with E-state index < -0.39 is 24.6 Å². The Labute approximate surface area is 131 Å². The van der Waals surface area contributed by atoms with Gasteiger partial charge in [-0.25, -0.2) is 4.79 Å². The molecule has 0 aromatic heterocycles. The Balaban J connectivity index is 0. The van der Waals surface area contributed by atoms with Crippen LogP contribution in [-0.4, -0.2) is 53.0 Å². The minimum atomic E-state index is -1.66. The van der Waals surface area contributed by atoms with Gasteiger partial charge in [0.2, 0.25) is 0 Å². The van der Waals surface area contributed by atoms with Gasteiger partial charge in [-0.2, -0.15) is 0 Å². The summed E-state index contributed by atoms with van der Waals surface area (Å²) in [5.74, 6) is -0.329. The molecule has 0 rings (SSSR count). The molecule has 0 aromatic rings. The number of rotatable bonds is 9. The number of carbonyl (C=O) groups excluding carboxylic acids is 1. The van der Waals surface area contributed by atoms with Crippen LogP contribution in [0, 0.1) is 0 Å². The molecule has 0 spiro atoms. The Morgan fingerprint density at radius 1 is 1.14 bits per heavy atom. The zero-order valence-electron chi connectivity index (χ0n) is 13.5. The number of esters is 1. The highest BCUT2D eigenvalue weighted by molar-refractivity contribution is 5.69. The second kappa shape index (κ2) is 14.6. The lowest BCUT2D eigenvalue weighted by Crippen LogP contribution is -2.45. The Kier molecular flexibility index (Phi) is 15.1. The van der Waals surface area contributed by atoms with Crippen molar-refractivity contribution in [3.63, 3.8) is 0 Å². The molecule has 0 aliphatic carbocycles. The van der Waals surface area contributed by atoms with E-state index >= 15 is 0 Å². The van der Waals surface area contributed by atoms with Crippen LogP contribution in [0.4, 0.5) is 4.79 Å². The molecule has 2 unspecified atom stereocenters. The maximum atomic E-state index is 11.4. The van der Waals surface area contributed by atoms with E-state index in [0.29, 0.717) is 6.42 Å². The van der Waals surface area contributed by atoms with Crippen LogP contribution in [0.2, 0.25) is 0 Å². The van der Waals surface area contributed by atoms with Gasteiger partial charge in [-0.05, 0) is 13.3 Å². The third kappa shape index (κ3) is 15.0. The molecule has 0 amide bonds. The number of hydrogen-bond acceptors (Lipinski definition) is 7. The average Bonchev–Trinajstić information content (AvgIpc) is 2.46. The smallest absolute Gasteiger partial charge is 0.461 e. The molecule has 0 aromatic carbocycles. The third-order valence-corrected chi connectivity index (χ3v) is 2.86. The average molecular weight is 323 g/mol. The molecule has 5 N–H and O–H groups in total. The lowest BCUT2D eigenvalue weighted by Gasteiger charge is -2.21. The summed E-state index contributed by atoms with van der Waals surface area (Å²) in [6.45, 7) is 3.69. The van der Waals surface area contributed by atoms with E-state index in [4.69, 9.17) is 30.6 Å². The predicted molar refractivity (Wildman–Crippen MR) is 80.2 cm³/mol. The molecule has 0 bridgehead atoms. The molecule has 0 saturated heterocycles. The van der Waals surface area contributed by atoms with Gasteiger partial charge >= 0.3 is 12.1 Å². The van der Waals surface area contributed by atoms with Crippen LogP contribution in [0.3, 0.4) is 0 Å². The number of methoxy groups -OCH3 is 1. The van der Waals surface area contributed by atoms with Crippen molar-refractivity contribution in [1.29, 1.82) is 0 Å². The predicted octanol–water partition coefficient (Wildman–Crippen LogP) is 1.23. The largest absolute Gasteiger partial charge is 0.505 e. The Morgan fingerprint density at radius 3 is 2.05 bits per heavy atom. The summed E-state index contributed by atoms with van der Waals surface area (Å²) in [6.07, 6.45) is 2.09. The van der Waals surface area contributed by atoms with Crippen LogP contribution in [0.25, 0.3) is 0 Å². The van der Waals surface area contributed by atoms with Gasteiger partial charge in [-0.3, -0.25) is 4.79 Å². The van der Waals surface area contributed by atoms with Crippen molar-refractivity contribution in [2.75, 3.05) is 7.11 Å². The minimum absolute atomic E-state index is 0.329. The highest BCUT2D eigenvalue weighted by atomic mass is 16.6. The monoisotopic (exact) mass is 323 g/mol. The van der Waals surface area contributed by atoms with E-state index in [0.717, 1.165) is 26.4 Å². The van der Waals surface area contributed by atoms with Gasteiger partial charge in [-0.1, -0.05) is 32.6 Å². The fourth-order valence-electron chi connectivity index (χ4n) is 1.46. The lowest BCUT2D eigenvalue weighted by molar-refractivity contribution is -0.155. The van der Waals surface area contributed by atoms with Gasteiger partial charge in [0.15, 0.2) is 6.29 Å². The minimum Gasteiger partial charge on any atom is -0.461 e. The fraction of sp³-hybridized carbons (Fsp3) is 0.857. The summed E-state index contributed by atoms with van der Waals surface area (Å²) >= 11 is 0. The molecular formula is C14H29NO7. The number of aliphatic hydroxyl groups excluding tert-OH is 1. The normalized spacial score (nSPS) is 12.9. The quantitative estimate of drug-likeness (QED) is 0.282. The van der Waals surface area contributed by atoms with E-state index in [9.17, 15) is 4.79 Å². The summed E-state index contributed by atoms with van der Waals surface area (Å²) < 4.78 is 8.66. The van der Waals surface area contributed by atoms with Gasteiger partial charge in [0, 0.05) is 6.42 Å². The molecule has 0 aliphatic heterocycles. The van der Waals surface area contributed by atoms with E-state index in [1.165, 1.54) is 12.8 Å². The van der Waals surface area contributed by atoms with Crippen LogP contribution < -0.4 is 5.73 Å². The molecular weight excluding hydrogens is 294 g/mol. The molecule has 0 heterocycles. The van der Waals surface area contributed by atoms with Gasteiger partial charge in [0.1, 0.15) is 6.10 Å². The van der Waals surface area contributed by atoms with Crippen molar-refractivity contribution >= 4 is 12.1 Å². The Morgan fingerprint density at radius 2 is 1.64 bits per heavy atom. The van der Waals surface area contributed by atoms with Gasteiger partial charge in [0.05, 0.1) is 13.2 Å². The summed E-state index contributed by atoms with van der Waals surface area (Å²) in [6, 6.07) is -0.959. The van der Waals surface area contributed by atoms with Crippen molar-refractivity contribution in [3.8, 4) is 0 Å². The molecule has 0 aliphatic rings. The highest BCUT2D eigenvalue weighted by Gasteiger charge is 2.22. The van der Waals surface area contributed by atoms with Crippen LogP contribution >= 0.6 is 0 Å². The Bertz CT molecular complexity index is 297. The first-order chi connectivity index (χ1) is 10.3. The summed E-state index contributed by atoms with van der Waals surface area (Å²) in [5.41, 5.74) is 5.43.